The van der Waals surface area contributed by atoms with Gasteiger partial charge in [0.25, 0.3) is 0 Å². The van der Waals surface area contributed by atoms with E-state index in [0.29, 0.717) is 21.3 Å². The lowest BCUT2D eigenvalue weighted by molar-refractivity contribution is -0.136. The van der Waals surface area contributed by atoms with Crippen molar-refractivity contribution >= 4 is 21.9 Å². The first-order chi connectivity index (χ1) is 7.10. The molecule has 1 N–H and O–H groups in total. The van der Waals surface area contributed by atoms with Gasteiger partial charge in [0.1, 0.15) is 11.8 Å². The van der Waals surface area contributed by atoms with Crippen LogP contribution in [-0.2, 0) is 11.2 Å². The van der Waals surface area contributed by atoms with E-state index in [1.807, 2.05) is 6.07 Å². The predicted molar refractivity (Wildman–Crippen MR) is 56.7 cm³/mol. The molecule has 0 aliphatic rings. The molecule has 4 nitrogen and oxygen atoms in total. The molecule has 1 aromatic carbocycles. The zero-order valence-corrected chi connectivity index (χ0v) is 9.54. The van der Waals surface area contributed by atoms with Crippen molar-refractivity contribution in [1.29, 1.82) is 5.26 Å². The number of carbonyl (C=O) groups is 1. The predicted octanol–water partition coefficient (Wildman–Crippen LogP) is 1.96. The molecule has 0 radical (unpaired) electrons. The third-order valence-corrected chi connectivity index (χ3v) is 2.65. The van der Waals surface area contributed by atoms with Gasteiger partial charge in [-0.05, 0) is 27.6 Å². The Balaban J connectivity index is 3.26. The summed E-state index contributed by atoms with van der Waals surface area (Å²) >= 11 is 3.20. The molecule has 0 heterocycles. The summed E-state index contributed by atoms with van der Waals surface area (Å²) in [7, 11) is 1.48. The molecule has 0 aliphatic carbocycles. The largest absolute Gasteiger partial charge is 0.496 e. The van der Waals surface area contributed by atoms with Crippen molar-refractivity contribution < 1.29 is 14.6 Å². The van der Waals surface area contributed by atoms with E-state index in [4.69, 9.17) is 15.1 Å². The van der Waals surface area contributed by atoms with Gasteiger partial charge >= 0.3 is 5.97 Å². The molecular formula is C10H8BrNO3. The topological polar surface area (TPSA) is 70.3 Å². The number of nitriles is 1. The van der Waals surface area contributed by atoms with Gasteiger partial charge in [-0.15, -0.1) is 0 Å². The highest BCUT2D eigenvalue weighted by molar-refractivity contribution is 9.10. The van der Waals surface area contributed by atoms with Crippen molar-refractivity contribution in [1.82, 2.24) is 0 Å². The smallest absolute Gasteiger partial charge is 0.307 e. The maximum atomic E-state index is 10.5. The summed E-state index contributed by atoms with van der Waals surface area (Å²) in [6.45, 7) is 0. The van der Waals surface area contributed by atoms with E-state index in [1.54, 1.807) is 12.1 Å². The quantitative estimate of drug-likeness (QED) is 0.911. The lowest BCUT2D eigenvalue weighted by Crippen LogP contribution is -2.03. The molecule has 0 aliphatic heterocycles. The van der Waals surface area contributed by atoms with E-state index in [-0.39, 0.29) is 6.42 Å². The molecule has 0 aromatic heterocycles. The van der Waals surface area contributed by atoms with E-state index in [1.165, 1.54) is 7.11 Å². The minimum Gasteiger partial charge on any atom is -0.496 e. The Morgan fingerprint density at radius 3 is 2.80 bits per heavy atom. The number of methoxy groups -OCH3 is 1. The first-order valence-electron chi connectivity index (χ1n) is 4.07. The summed E-state index contributed by atoms with van der Waals surface area (Å²) in [4.78, 5) is 10.5. The highest BCUT2D eigenvalue weighted by Gasteiger charge is 2.13. The molecule has 1 rings (SSSR count). The molecule has 0 saturated carbocycles. The molecule has 0 amide bonds. The van der Waals surface area contributed by atoms with Crippen molar-refractivity contribution in [2.75, 3.05) is 7.11 Å². The number of ether oxygens (including phenoxy) is 1. The molecule has 0 saturated heterocycles. The maximum Gasteiger partial charge on any atom is 0.307 e. The van der Waals surface area contributed by atoms with Crippen LogP contribution in [0.25, 0.3) is 0 Å². The highest BCUT2D eigenvalue weighted by Crippen LogP contribution is 2.30. The van der Waals surface area contributed by atoms with E-state index in [9.17, 15) is 4.79 Å². The van der Waals surface area contributed by atoms with Crippen LogP contribution in [0, 0.1) is 11.3 Å². The van der Waals surface area contributed by atoms with E-state index < -0.39 is 5.97 Å². The van der Waals surface area contributed by atoms with Crippen LogP contribution >= 0.6 is 15.9 Å². The summed E-state index contributed by atoms with van der Waals surface area (Å²) in [5, 5.41) is 17.6. The summed E-state index contributed by atoms with van der Waals surface area (Å²) < 4.78 is 5.49. The first-order valence-corrected chi connectivity index (χ1v) is 4.86. The van der Waals surface area contributed by atoms with Gasteiger partial charge < -0.3 is 9.84 Å². The van der Waals surface area contributed by atoms with Gasteiger partial charge in [0.2, 0.25) is 0 Å². The van der Waals surface area contributed by atoms with Crippen molar-refractivity contribution in [3.8, 4) is 11.8 Å². The van der Waals surface area contributed by atoms with Crippen LogP contribution in [0.1, 0.15) is 11.1 Å². The van der Waals surface area contributed by atoms with Gasteiger partial charge in [0.15, 0.2) is 0 Å². The fraction of sp³-hybridized carbons (Fsp3) is 0.200. The second kappa shape index (κ2) is 4.80. The SMILES string of the molecule is COc1ccc(CC(=O)O)c(C#N)c1Br. The fourth-order valence-corrected chi connectivity index (χ4v) is 1.82. The number of hydrogen-bond donors (Lipinski definition) is 1. The van der Waals surface area contributed by atoms with E-state index in [0.717, 1.165) is 0 Å². The van der Waals surface area contributed by atoms with Crippen LogP contribution < -0.4 is 4.74 Å². The molecule has 0 bridgehead atoms. The van der Waals surface area contributed by atoms with Crippen LogP contribution in [0.5, 0.6) is 5.75 Å². The van der Waals surface area contributed by atoms with Crippen molar-refractivity contribution in [3.05, 3.63) is 27.7 Å². The van der Waals surface area contributed by atoms with Crippen molar-refractivity contribution in [2.24, 2.45) is 0 Å². The Morgan fingerprint density at radius 1 is 1.67 bits per heavy atom. The summed E-state index contributed by atoms with van der Waals surface area (Å²) in [5.41, 5.74) is 0.773. The molecule has 5 heteroatoms. The van der Waals surface area contributed by atoms with Crippen molar-refractivity contribution in [2.45, 2.75) is 6.42 Å². The van der Waals surface area contributed by atoms with Crippen molar-refractivity contribution in [3.63, 3.8) is 0 Å². The van der Waals surface area contributed by atoms with Crippen LogP contribution in [0.3, 0.4) is 0 Å². The average molecular weight is 270 g/mol. The average Bonchev–Trinajstić information content (AvgIpc) is 2.18. The van der Waals surface area contributed by atoms with E-state index in [2.05, 4.69) is 15.9 Å². The molecule has 1 aromatic rings. The zero-order valence-electron chi connectivity index (χ0n) is 7.95. The van der Waals surface area contributed by atoms with Crippen LogP contribution in [-0.4, -0.2) is 18.2 Å². The number of benzene rings is 1. The lowest BCUT2D eigenvalue weighted by atomic mass is 10.1. The molecule has 0 spiro atoms. The third kappa shape index (κ3) is 2.48. The molecule has 0 fully saturated rings. The maximum absolute atomic E-state index is 10.5. The molecule has 0 unspecified atom stereocenters. The minimum atomic E-state index is -0.969. The first kappa shape index (κ1) is 11.5. The Hall–Kier alpha value is -1.54. The van der Waals surface area contributed by atoms with Crippen LogP contribution in [0.15, 0.2) is 16.6 Å². The highest BCUT2D eigenvalue weighted by atomic mass is 79.9. The Morgan fingerprint density at radius 2 is 2.33 bits per heavy atom. The van der Waals surface area contributed by atoms with Crippen LogP contribution in [0.2, 0.25) is 0 Å². The number of rotatable bonds is 3. The molecule has 78 valence electrons. The lowest BCUT2D eigenvalue weighted by Gasteiger charge is -2.07. The van der Waals surface area contributed by atoms with Gasteiger partial charge in [0.05, 0.1) is 23.6 Å². The van der Waals surface area contributed by atoms with Crippen LogP contribution in [0.4, 0.5) is 0 Å². The molecule has 15 heavy (non-hydrogen) atoms. The second-order valence-corrected chi connectivity index (χ2v) is 3.59. The number of carboxylic acids is 1. The number of aliphatic carboxylic acids is 1. The standard InChI is InChI=1S/C10H8BrNO3/c1-15-8-3-2-6(4-9(13)14)7(5-12)10(8)11/h2-3H,4H2,1H3,(H,13,14). The van der Waals surface area contributed by atoms with E-state index >= 15 is 0 Å². The van der Waals surface area contributed by atoms with Gasteiger partial charge in [0, 0.05) is 0 Å². The zero-order chi connectivity index (χ0) is 11.4. The van der Waals surface area contributed by atoms with Gasteiger partial charge in [-0.2, -0.15) is 5.26 Å². The summed E-state index contributed by atoms with van der Waals surface area (Å²) in [6, 6.07) is 5.16. The molecular weight excluding hydrogens is 262 g/mol. The van der Waals surface area contributed by atoms with Gasteiger partial charge in [-0.1, -0.05) is 6.07 Å². The monoisotopic (exact) mass is 269 g/mol. The third-order valence-electron chi connectivity index (χ3n) is 1.87. The van der Waals surface area contributed by atoms with Gasteiger partial charge in [-0.3, -0.25) is 4.79 Å². The summed E-state index contributed by atoms with van der Waals surface area (Å²) in [6.07, 6.45) is -0.175. The Labute approximate surface area is 95.2 Å². The second-order valence-electron chi connectivity index (χ2n) is 2.80. The summed E-state index contributed by atoms with van der Waals surface area (Å²) in [5.74, 6) is -0.454. The number of hydrogen-bond acceptors (Lipinski definition) is 3. The minimum absolute atomic E-state index is 0.175. The Bertz CT molecular complexity index is 437. The fourth-order valence-electron chi connectivity index (χ4n) is 1.19. The van der Waals surface area contributed by atoms with Gasteiger partial charge in [-0.25, -0.2) is 0 Å². The number of halogens is 1. The number of carboxylic acid groups (broad SMARTS) is 1. The Kier molecular flexibility index (Phi) is 3.69. The number of nitrogens with zero attached hydrogens (tertiary/aromatic N) is 1. The molecule has 0 atom stereocenters. The normalized spacial score (nSPS) is 9.40.